The topological polar surface area (TPSA) is 3.24 Å². The van der Waals surface area contributed by atoms with Crippen molar-refractivity contribution in [3.8, 4) is 0 Å². The van der Waals surface area contributed by atoms with Crippen LogP contribution in [0, 0.1) is 11.3 Å². The van der Waals surface area contributed by atoms with Crippen LogP contribution >= 0.6 is 15.9 Å². The molecule has 0 atom stereocenters. The molecule has 0 saturated carbocycles. The fourth-order valence-electron chi connectivity index (χ4n) is 1.97. The second-order valence-electron chi connectivity index (χ2n) is 4.93. The lowest BCUT2D eigenvalue weighted by atomic mass is 9.84. The van der Waals surface area contributed by atoms with Crippen molar-refractivity contribution in [2.75, 3.05) is 25.5 Å². The predicted octanol–water partition coefficient (Wildman–Crippen LogP) is 3.78. The van der Waals surface area contributed by atoms with Crippen molar-refractivity contribution in [3.05, 3.63) is 0 Å². The molecule has 0 aliphatic heterocycles. The Morgan fingerprint density at radius 2 is 1.71 bits per heavy atom. The molecule has 86 valence electrons. The van der Waals surface area contributed by atoms with Crippen LogP contribution in [0.5, 0.6) is 0 Å². The summed E-state index contributed by atoms with van der Waals surface area (Å²) in [6.45, 7) is 11.6. The summed E-state index contributed by atoms with van der Waals surface area (Å²) in [6, 6.07) is 0. The Morgan fingerprint density at radius 1 is 1.21 bits per heavy atom. The van der Waals surface area contributed by atoms with Crippen LogP contribution in [-0.2, 0) is 0 Å². The third-order valence-corrected chi connectivity index (χ3v) is 4.26. The van der Waals surface area contributed by atoms with Crippen LogP contribution in [0.25, 0.3) is 0 Å². The van der Waals surface area contributed by atoms with E-state index in [0.29, 0.717) is 5.41 Å². The average molecular weight is 264 g/mol. The highest BCUT2D eigenvalue weighted by Crippen LogP contribution is 2.29. The van der Waals surface area contributed by atoms with E-state index >= 15 is 0 Å². The first-order valence-electron chi connectivity index (χ1n) is 5.74. The third kappa shape index (κ3) is 4.79. The van der Waals surface area contributed by atoms with Crippen molar-refractivity contribution in [2.45, 2.75) is 40.5 Å². The molecule has 0 aliphatic rings. The summed E-state index contributed by atoms with van der Waals surface area (Å²) in [5, 5.41) is 1.12. The van der Waals surface area contributed by atoms with E-state index in [1.807, 2.05) is 0 Å². The van der Waals surface area contributed by atoms with Gasteiger partial charge in [0.2, 0.25) is 0 Å². The molecular weight excluding hydrogens is 238 g/mol. The minimum atomic E-state index is 0.476. The fourth-order valence-corrected chi connectivity index (χ4v) is 2.94. The van der Waals surface area contributed by atoms with Gasteiger partial charge in [0.15, 0.2) is 0 Å². The molecular formula is C12H26BrN. The summed E-state index contributed by atoms with van der Waals surface area (Å²) in [5.74, 6) is 0.765. The molecule has 0 aromatic carbocycles. The van der Waals surface area contributed by atoms with E-state index in [9.17, 15) is 0 Å². The largest absolute Gasteiger partial charge is 0.306 e. The normalized spacial score (nSPS) is 12.9. The van der Waals surface area contributed by atoms with Gasteiger partial charge in [-0.2, -0.15) is 0 Å². The van der Waals surface area contributed by atoms with Gasteiger partial charge in [0.25, 0.3) is 0 Å². The lowest BCUT2D eigenvalue weighted by Gasteiger charge is -2.34. The molecule has 0 saturated heterocycles. The molecule has 0 aromatic rings. The maximum atomic E-state index is 3.66. The van der Waals surface area contributed by atoms with Crippen molar-refractivity contribution < 1.29 is 0 Å². The fraction of sp³-hybridized carbons (Fsp3) is 1.00. The first kappa shape index (κ1) is 14.4. The minimum absolute atomic E-state index is 0.476. The molecule has 0 rings (SSSR count). The van der Waals surface area contributed by atoms with Crippen LogP contribution in [0.1, 0.15) is 40.5 Å². The van der Waals surface area contributed by atoms with Gasteiger partial charge < -0.3 is 4.90 Å². The summed E-state index contributed by atoms with van der Waals surface area (Å²) >= 11 is 3.66. The highest BCUT2D eigenvalue weighted by molar-refractivity contribution is 9.09. The Balaban J connectivity index is 4.15. The lowest BCUT2D eigenvalue weighted by molar-refractivity contribution is 0.172. The Bertz CT molecular complexity index is 133. The molecule has 0 radical (unpaired) electrons. The summed E-state index contributed by atoms with van der Waals surface area (Å²) in [7, 11) is 2.24. The number of hydrogen-bond acceptors (Lipinski definition) is 1. The quantitative estimate of drug-likeness (QED) is 0.633. The van der Waals surface area contributed by atoms with Crippen LogP contribution in [-0.4, -0.2) is 30.4 Å². The van der Waals surface area contributed by atoms with E-state index in [2.05, 4.69) is 55.6 Å². The molecule has 0 unspecified atom stereocenters. The van der Waals surface area contributed by atoms with Crippen LogP contribution in [0.4, 0.5) is 0 Å². The second-order valence-corrected chi connectivity index (χ2v) is 5.49. The first-order valence-corrected chi connectivity index (χ1v) is 6.86. The highest BCUT2D eigenvalue weighted by atomic mass is 79.9. The van der Waals surface area contributed by atoms with Gasteiger partial charge in [0.1, 0.15) is 0 Å². The molecule has 0 heterocycles. The average Bonchev–Trinajstić information content (AvgIpc) is 2.13. The molecule has 0 spiro atoms. The van der Waals surface area contributed by atoms with Gasteiger partial charge in [-0.15, -0.1) is 0 Å². The van der Waals surface area contributed by atoms with E-state index in [4.69, 9.17) is 0 Å². The van der Waals surface area contributed by atoms with Crippen molar-refractivity contribution in [1.29, 1.82) is 0 Å². The zero-order chi connectivity index (χ0) is 11.2. The van der Waals surface area contributed by atoms with E-state index < -0.39 is 0 Å². The summed E-state index contributed by atoms with van der Waals surface area (Å²) < 4.78 is 0. The number of hydrogen-bond donors (Lipinski definition) is 0. The smallest absolute Gasteiger partial charge is 0.01000 e. The summed E-state index contributed by atoms with van der Waals surface area (Å²) in [6.07, 6.45) is 2.52. The van der Waals surface area contributed by atoms with E-state index in [1.54, 1.807) is 0 Å². The van der Waals surface area contributed by atoms with Gasteiger partial charge in [0, 0.05) is 18.4 Å². The Hall–Kier alpha value is 0.440. The lowest BCUT2D eigenvalue weighted by Crippen LogP contribution is -2.37. The molecule has 0 bridgehead atoms. The summed E-state index contributed by atoms with van der Waals surface area (Å²) in [4.78, 5) is 2.47. The molecule has 2 heteroatoms. The van der Waals surface area contributed by atoms with Gasteiger partial charge in [-0.1, -0.05) is 43.6 Å². The van der Waals surface area contributed by atoms with Gasteiger partial charge in [-0.3, -0.25) is 0 Å². The number of rotatable bonds is 7. The third-order valence-electron chi connectivity index (χ3n) is 3.07. The number of halogens is 1. The first-order chi connectivity index (χ1) is 6.49. The molecule has 0 aliphatic carbocycles. The van der Waals surface area contributed by atoms with E-state index in [-0.39, 0.29) is 0 Å². The SMILES string of the molecule is CCC(CC)(CBr)CN(C)CC(C)C. The van der Waals surface area contributed by atoms with Crippen molar-refractivity contribution >= 4 is 15.9 Å². The molecule has 14 heavy (non-hydrogen) atoms. The van der Waals surface area contributed by atoms with Crippen LogP contribution in [0.3, 0.4) is 0 Å². The monoisotopic (exact) mass is 263 g/mol. The minimum Gasteiger partial charge on any atom is -0.306 e. The zero-order valence-electron chi connectivity index (χ0n) is 10.4. The number of nitrogens with zero attached hydrogens (tertiary/aromatic N) is 1. The van der Waals surface area contributed by atoms with E-state index in [1.165, 1.54) is 25.9 Å². The standard InChI is InChI=1S/C12H26BrN/c1-6-12(7-2,9-13)10-14(5)8-11(3)4/h11H,6-10H2,1-5H3. The predicted molar refractivity (Wildman–Crippen MR) is 69.1 cm³/mol. The molecule has 0 amide bonds. The summed E-state index contributed by atoms with van der Waals surface area (Å²) in [5.41, 5.74) is 0.476. The van der Waals surface area contributed by atoms with Crippen molar-refractivity contribution in [3.63, 3.8) is 0 Å². The highest BCUT2D eigenvalue weighted by Gasteiger charge is 2.26. The Labute approximate surface area is 98.4 Å². The second kappa shape index (κ2) is 6.84. The van der Waals surface area contributed by atoms with Gasteiger partial charge in [-0.25, -0.2) is 0 Å². The van der Waals surface area contributed by atoms with Crippen LogP contribution in [0.2, 0.25) is 0 Å². The molecule has 0 fully saturated rings. The molecule has 1 nitrogen and oxygen atoms in total. The molecule has 0 aromatic heterocycles. The van der Waals surface area contributed by atoms with E-state index in [0.717, 1.165) is 11.2 Å². The Kier molecular flexibility index (Phi) is 7.05. The number of alkyl halides is 1. The van der Waals surface area contributed by atoms with Gasteiger partial charge >= 0.3 is 0 Å². The Morgan fingerprint density at radius 3 is 2.00 bits per heavy atom. The van der Waals surface area contributed by atoms with Crippen LogP contribution in [0.15, 0.2) is 0 Å². The van der Waals surface area contributed by atoms with Crippen molar-refractivity contribution in [2.24, 2.45) is 11.3 Å². The van der Waals surface area contributed by atoms with Crippen LogP contribution < -0.4 is 0 Å². The van der Waals surface area contributed by atoms with Gasteiger partial charge in [0.05, 0.1) is 0 Å². The maximum absolute atomic E-state index is 3.66. The zero-order valence-corrected chi connectivity index (χ0v) is 12.0. The van der Waals surface area contributed by atoms with Gasteiger partial charge in [-0.05, 0) is 31.2 Å². The molecule has 0 N–H and O–H groups in total. The van der Waals surface area contributed by atoms with Crippen molar-refractivity contribution in [1.82, 2.24) is 4.90 Å². The maximum Gasteiger partial charge on any atom is 0.01000 e.